The van der Waals surface area contributed by atoms with Gasteiger partial charge in [-0.3, -0.25) is 9.58 Å². The van der Waals surface area contributed by atoms with E-state index >= 15 is 0 Å². The van der Waals surface area contributed by atoms with Gasteiger partial charge < -0.3 is 25.8 Å². The molecule has 2 saturated heterocycles. The number of aliphatic hydroxyl groups excluding tert-OH is 1. The zero-order valence-electron chi connectivity index (χ0n) is 22.2. The number of anilines is 2. The van der Waals surface area contributed by atoms with Crippen LogP contribution in [0.3, 0.4) is 0 Å². The molecular formula is C27H40N8O2. The van der Waals surface area contributed by atoms with E-state index in [1.165, 1.54) is 31.7 Å². The van der Waals surface area contributed by atoms with Gasteiger partial charge >= 0.3 is 0 Å². The molecule has 2 aliphatic heterocycles. The minimum Gasteiger partial charge on any atom is -0.496 e. The maximum Gasteiger partial charge on any atom is 0.222 e. The Labute approximate surface area is 218 Å². The first kappa shape index (κ1) is 25.7. The summed E-state index contributed by atoms with van der Waals surface area (Å²) in [5.41, 5.74) is 9.80. The number of nitrogens with zero attached hydrogens (tertiary/aromatic N) is 6. The molecule has 2 aliphatic rings. The number of nitrogen functional groups attached to an aromatic ring is 1. The summed E-state index contributed by atoms with van der Waals surface area (Å²) in [5, 5.41) is 17.6. The lowest BCUT2D eigenvalue weighted by Gasteiger charge is -2.20. The number of hydrogen-bond donors (Lipinski definition) is 3. The fraction of sp³-hybridized carbons (Fsp3) is 0.593. The summed E-state index contributed by atoms with van der Waals surface area (Å²) < 4.78 is 7.71. The molecule has 0 bridgehead atoms. The summed E-state index contributed by atoms with van der Waals surface area (Å²) in [6.45, 7) is 8.49. The lowest BCUT2D eigenvalue weighted by atomic mass is 10.0. The van der Waals surface area contributed by atoms with E-state index in [2.05, 4.69) is 62.4 Å². The number of methoxy groups -OCH3 is 1. The Bertz CT molecular complexity index is 1190. The molecule has 3 aromatic rings. The highest BCUT2D eigenvalue weighted by Gasteiger charge is 2.38. The van der Waals surface area contributed by atoms with Gasteiger partial charge in [0, 0.05) is 50.9 Å². The molecule has 0 radical (unpaired) electrons. The van der Waals surface area contributed by atoms with E-state index in [0.717, 1.165) is 48.1 Å². The van der Waals surface area contributed by atoms with Gasteiger partial charge in [-0.05, 0) is 43.4 Å². The highest BCUT2D eigenvalue weighted by atomic mass is 16.5. The minimum atomic E-state index is 0.0928. The van der Waals surface area contributed by atoms with Crippen LogP contribution in [0.25, 0.3) is 11.0 Å². The monoisotopic (exact) mass is 508 g/mol. The summed E-state index contributed by atoms with van der Waals surface area (Å²) in [4.78, 5) is 13.9. The lowest BCUT2D eigenvalue weighted by Crippen LogP contribution is -2.26. The molecule has 4 heterocycles. The second-order valence-corrected chi connectivity index (χ2v) is 10.7. The van der Waals surface area contributed by atoms with Crippen LogP contribution in [0.2, 0.25) is 0 Å². The van der Waals surface area contributed by atoms with Gasteiger partial charge in [-0.2, -0.15) is 10.1 Å². The number of aliphatic hydroxyl groups is 1. The van der Waals surface area contributed by atoms with Crippen LogP contribution in [-0.4, -0.2) is 87.6 Å². The van der Waals surface area contributed by atoms with Crippen molar-refractivity contribution in [3.63, 3.8) is 0 Å². The van der Waals surface area contributed by atoms with Gasteiger partial charge in [-0.25, -0.2) is 4.98 Å². The number of fused-ring (bicyclic) bond motifs is 2. The summed E-state index contributed by atoms with van der Waals surface area (Å²) in [6, 6.07) is 6.60. The van der Waals surface area contributed by atoms with E-state index < -0.39 is 0 Å². The van der Waals surface area contributed by atoms with E-state index in [0.29, 0.717) is 24.3 Å². The normalized spacial score (nSPS) is 21.0. The van der Waals surface area contributed by atoms with Crippen molar-refractivity contribution >= 4 is 22.8 Å². The van der Waals surface area contributed by atoms with Crippen molar-refractivity contribution in [3.8, 4) is 5.75 Å². The van der Waals surface area contributed by atoms with Crippen molar-refractivity contribution in [3.05, 3.63) is 35.5 Å². The summed E-state index contributed by atoms with van der Waals surface area (Å²) >= 11 is 0. The smallest absolute Gasteiger partial charge is 0.222 e. The van der Waals surface area contributed by atoms with E-state index in [1.54, 1.807) is 13.3 Å². The topological polar surface area (TPSA) is 118 Å². The van der Waals surface area contributed by atoms with E-state index in [-0.39, 0.29) is 18.6 Å². The van der Waals surface area contributed by atoms with Crippen molar-refractivity contribution in [2.24, 2.45) is 11.8 Å². The third-order valence-electron chi connectivity index (χ3n) is 7.78. The quantitative estimate of drug-likeness (QED) is 0.359. The zero-order chi connectivity index (χ0) is 25.9. The Morgan fingerprint density at radius 1 is 1.14 bits per heavy atom. The van der Waals surface area contributed by atoms with Crippen LogP contribution in [0.15, 0.2) is 24.4 Å². The number of aromatic nitrogens is 4. The molecule has 1 aromatic carbocycles. The molecule has 0 unspecified atom stereocenters. The van der Waals surface area contributed by atoms with Crippen LogP contribution in [0.5, 0.6) is 5.75 Å². The van der Waals surface area contributed by atoms with Crippen LogP contribution in [0, 0.1) is 11.8 Å². The Kier molecular flexibility index (Phi) is 7.78. The van der Waals surface area contributed by atoms with E-state index in [1.807, 2.05) is 4.68 Å². The SMILES string of the molecule is CCC[C@@H](CCO)Nc1nc(N)nc2cnn(Cc3ccc(CN4C[C@H]5CN(C)C[C@H]5C4)cc3OC)c12. The number of rotatable bonds is 11. The molecule has 2 fully saturated rings. The largest absolute Gasteiger partial charge is 0.496 e. The number of nitrogens with two attached hydrogens (primary N) is 1. The van der Waals surface area contributed by atoms with Crippen molar-refractivity contribution in [1.82, 2.24) is 29.5 Å². The number of hydrogen-bond acceptors (Lipinski definition) is 9. The molecule has 0 amide bonds. The Morgan fingerprint density at radius 2 is 1.92 bits per heavy atom. The number of benzene rings is 1. The molecule has 37 heavy (non-hydrogen) atoms. The van der Waals surface area contributed by atoms with Crippen LogP contribution < -0.4 is 15.8 Å². The summed E-state index contributed by atoms with van der Waals surface area (Å²) in [5.74, 6) is 3.30. The average molecular weight is 509 g/mol. The second kappa shape index (κ2) is 11.2. The molecule has 0 saturated carbocycles. The molecule has 5 rings (SSSR count). The first-order valence-electron chi connectivity index (χ1n) is 13.4. The zero-order valence-corrected chi connectivity index (χ0v) is 22.2. The molecule has 0 aliphatic carbocycles. The first-order chi connectivity index (χ1) is 18.0. The highest BCUT2D eigenvalue weighted by molar-refractivity contribution is 5.86. The fourth-order valence-electron chi connectivity index (χ4n) is 6.11. The molecule has 10 nitrogen and oxygen atoms in total. The predicted molar refractivity (Wildman–Crippen MR) is 146 cm³/mol. The summed E-state index contributed by atoms with van der Waals surface area (Å²) in [7, 11) is 3.95. The molecule has 2 aromatic heterocycles. The Hall–Kier alpha value is -2.95. The van der Waals surface area contributed by atoms with Crippen LogP contribution in [0.4, 0.5) is 11.8 Å². The van der Waals surface area contributed by atoms with Crippen molar-refractivity contribution in [2.75, 3.05) is 58.0 Å². The van der Waals surface area contributed by atoms with Crippen molar-refractivity contribution < 1.29 is 9.84 Å². The Morgan fingerprint density at radius 3 is 2.62 bits per heavy atom. The minimum absolute atomic E-state index is 0.0928. The van der Waals surface area contributed by atoms with Gasteiger partial charge in [-0.15, -0.1) is 0 Å². The average Bonchev–Trinajstić information content (AvgIpc) is 3.53. The third-order valence-corrected chi connectivity index (χ3v) is 7.78. The molecule has 3 atom stereocenters. The molecular weight excluding hydrogens is 468 g/mol. The predicted octanol–water partition coefficient (Wildman–Crippen LogP) is 2.42. The molecule has 10 heteroatoms. The number of ether oxygens (including phenoxy) is 1. The van der Waals surface area contributed by atoms with Crippen LogP contribution in [0.1, 0.15) is 37.3 Å². The highest BCUT2D eigenvalue weighted by Crippen LogP contribution is 2.32. The van der Waals surface area contributed by atoms with Gasteiger partial charge in [0.2, 0.25) is 5.95 Å². The number of likely N-dealkylation sites (tertiary alicyclic amines) is 2. The molecule has 4 N–H and O–H groups in total. The first-order valence-corrected chi connectivity index (χ1v) is 13.4. The third kappa shape index (κ3) is 5.66. The van der Waals surface area contributed by atoms with E-state index in [4.69, 9.17) is 10.5 Å². The molecule has 200 valence electrons. The maximum atomic E-state index is 9.51. The second-order valence-electron chi connectivity index (χ2n) is 10.7. The fourth-order valence-corrected chi connectivity index (χ4v) is 6.11. The number of nitrogens with one attached hydrogen (secondary N) is 1. The lowest BCUT2D eigenvalue weighted by molar-refractivity contribution is 0.272. The maximum absolute atomic E-state index is 9.51. The molecule has 0 spiro atoms. The standard InChI is InChI=1S/C27H40N8O2/c1-4-5-22(8-9-36)30-26-25-23(31-27(28)32-26)11-29-35(25)17-19-7-6-18(10-24(19)37-3)12-34-15-20-13-33(2)14-21(20)16-34/h6-7,10-11,20-22,36H,4-5,8-9,12-17H2,1-3H3,(H3,28,30,31,32)/t20-,21+,22-/m0/s1. The van der Waals surface area contributed by atoms with E-state index in [9.17, 15) is 5.11 Å². The van der Waals surface area contributed by atoms with Crippen LogP contribution in [-0.2, 0) is 13.1 Å². The van der Waals surface area contributed by atoms with Gasteiger partial charge in [0.1, 0.15) is 16.8 Å². The van der Waals surface area contributed by atoms with Gasteiger partial charge in [0.05, 0.1) is 19.9 Å². The van der Waals surface area contributed by atoms with Crippen LogP contribution >= 0.6 is 0 Å². The van der Waals surface area contributed by atoms with Crippen molar-refractivity contribution in [2.45, 2.75) is 45.3 Å². The van der Waals surface area contributed by atoms with Gasteiger partial charge in [-0.1, -0.05) is 25.5 Å². The Balaban J connectivity index is 1.35. The van der Waals surface area contributed by atoms with Gasteiger partial charge in [0.25, 0.3) is 0 Å². The summed E-state index contributed by atoms with van der Waals surface area (Å²) in [6.07, 6.45) is 4.28. The van der Waals surface area contributed by atoms with Crippen molar-refractivity contribution in [1.29, 1.82) is 0 Å². The van der Waals surface area contributed by atoms with Gasteiger partial charge in [0.15, 0.2) is 5.82 Å².